The Morgan fingerprint density at radius 3 is 2.57 bits per heavy atom. The van der Waals surface area contributed by atoms with E-state index in [4.69, 9.17) is 23.2 Å². The van der Waals surface area contributed by atoms with Crippen molar-refractivity contribution in [2.45, 2.75) is 0 Å². The molecule has 4 nitrogen and oxygen atoms in total. The first-order chi connectivity index (χ1) is 14.6. The Kier molecular flexibility index (Phi) is 4.93. The van der Waals surface area contributed by atoms with Crippen molar-refractivity contribution in [2.24, 2.45) is 0 Å². The molecule has 0 aliphatic carbocycles. The number of rotatable bonds is 2. The van der Waals surface area contributed by atoms with Gasteiger partial charge in [0, 0.05) is 54.9 Å². The van der Waals surface area contributed by atoms with Crippen LogP contribution in [-0.4, -0.2) is 36.1 Å². The molecule has 0 spiro atoms. The summed E-state index contributed by atoms with van der Waals surface area (Å²) in [5.41, 5.74) is 1.38. The molecule has 1 fully saturated rings. The van der Waals surface area contributed by atoms with Crippen LogP contribution >= 0.6 is 23.2 Å². The molecule has 0 unspecified atom stereocenters. The maximum Gasteiger partial charge on any atom is 0.175 e. The van der Waals surface area contributed by atoms with Crippen LogP contribution in [0.3, 0.4) is 0 Å². The summed E-state index contributed by atoms with van der Waals surface area (Å²) in [6, 6.07) is 8.14. The monoisotopic (exact) mass is 444 g/mol. The lowest BCUT2D eigenvalue weighted by Gasteiger charge is -2.31. The van der Waals surface area contributed by atoms with Crippen molar-refractivity contribution in [3.05, 3.63) is 64.4 Å². The van der Waals surface area contributed by atoms with E-state index in [2.05, 4.69) is 20.2 Å². The number of hydrogen-bond acceptors (Lipinski definition) is 4. The van der Waals surface area contributed by atoms with E-state index in [1.54, 1.807) is 30.5 Å². The second-order valence-electron chi connectivity index (χ2n) is 7.14. The lowest BCUT2D eigenvalue weighted by atomic mass is 10.00. The number of piperazine rings is 1. The zero-order valence-electron chi connectivity index (χ0n) is 15.7. The molecular weight excluding hydrogens is 429 g/mol. The Morgan fingerprint density at radius 1 is 0.967 bits per heavy atom. The van der Waals surface area contributed by atoms with E-state index in [-0.39, 0.29) is 16.2 Å². The van der Waals surface area contributed by atoms with Gasteiger partial charge in [-0.15, -0.1) is 0 Å². The van der Waals surface area contributed by atoms with E-state index in [1.807, 2.05) is 0 Å². The number of nitrogens with zero attached hydrogens (tertiary/aromatic N) is 3. The van der Waals surface area contributed by atoms with Gasteiger partial charge in [0.25, 0.3) is 0 Å². The van der Waals surface area contributed by atoms with E-state index in [0.717, 1.165) is 31.9 Å². The standard InChI is InChI=1S/C22H16Cl2F2N4/c23-15-11-29-21-14(22(15)30-8-6-27-7-9-30)10-28-20(19(21)26)13-3-1-2-12-4-5-16(25)18(24)17(12)13/h1-5,10-11,27H,6-9H2. The molecule has 2 aromatic carbocycles. The number of halogens is 4. The van der Waals surface area contributed by atoms with Crippen LogP contribution in [0.1, 0.15) is 0 Å². The Morgan fingerprint density at radius 2 is 1.77 bits per heavy atom. The van der Waals surface area contributed by atoms with Crippen LogP contribution < -0.4 is 10.2 Å². The van der Waals surface area contributed by atoms with Crippen molar-refractivity contribution >= 4 is 50.6 Å². The van der Waals surface area contributed by atoms with Crippen LogP contribution in [0, 0.1) is 11.6 Å². The molecular formula is C22H16Cl2F2N4. The van der Waals surface area contributed by atoms with Crippen LogP contribution in [0.2, 0.25) is 10.0 Å². The van der Waals surface area contributed by atoms with Crippen molar-refractivity contribution in [3.8, 4) is 11.3 Å². The quantitative estimate of drug-likeness (QED) is 0.446. The SMILES string of the molecule is Fc1ccc2cccc(-c3ncc4c(N5CCNCC5)c(Cl)cnc4c3F)c2c1Cl. The summed E-state index contributed by atoms with van der Waals surface area (Å²) >= 11 is 12.7. The topological polar surface area (TPSA) is 41.1 Å². The molecule has 2 aromatic heterocycles. The van der Waals surface area contributed by atoms with Gasteiger partial charge in [0.05, 0.1) is 15.7 Å². The Balaban J connectivity index is 1.75. The van der Waals surface area contributed by atoms with Crippen molar-refractivity contribution in [1.29, 1.82) is 0 Å². The predicted molar refractivity (Wildman–Crippen MR) is 117 cm³/mol. The fourth-order valence-electron chi connectivity index (χ4n) is 3.99. The molecule has 0 bridgehead atoms. The minimum Gasteiger partial charge on any atom is -0.367 e. The molecule has 1 saturated heterocycles. The second-order valence-corrected chi connectivity index (χ2v) is 7.93. The third-order valence-electron chi connectivity index (χ3n) is 5.41. The molecule has 0 amide bonds. The first-order valence-electron chi connectivity index (χ1n) is 9.51. The molecule has 0 saturated carbocycles. The van der Waals surface area contributed by atoms with Crippen molar-refractivity contribution in [1.82, 2.24) is 15.3 Å². The van der Waals surface area contributed by atoms with Gasteiger partial charge in [-0.25, -0.2) is 8.78 Å². The Bertz CT molecular complexity index is 1290. The van der Waals surface area contributed by atoms with Gasteiger partial charge >= 0.3 is 0 Å². The minimum absolute atomic E-state index is 0.0602. The van der Waals surface area contributed by atoms with Gasteiger partial charge in [-0.05, 0) is 11.5 Å². The van der Waals surface area contributed by atoms with Crippen LogP contribution in [0.15, 0.2) is 42.7 Å². The van der Waals surface area contributed by atoms with Crippen molar-refractivity contribution in [3.63, 3.8) is 0 Å². The molecule has 0 atom stereocenters. The van der Waals surface area contributed by atoms with Gasteiger partial charge in [-0.2, -0.15) is 0 Å². The smallest absolute Gasteiger partial charge is 0.175 e. The summed E-state index contributed by atoms with van der Waals surface area (Å²) in [5, 5.41) is 5.34. The lowest BCUT2D eigenvalue weighted by molar-refractivity contribution is 0.590. The van der Waals surface area contributed by atoms with E-state index >= 15 is 4.39 Å². The normalized spacial score (nSPS) is 14.6. The third-order valence-corrected chi connectivity index (χ3v) is 6.05. The lowest BCUT2D eigenvalue weighted by Crippen LogP contribution is -2.43. The van der Waals surface area contributed by atoms with E-state index in [1.165, 1.54) is 12.3 Å². The first kappa shape index (κ1) is 19.4. The average Bonchev–Trinajstić information content (AvgIpc) is 2.77. The predicted octanol–water partition coefficient (Wildman–Crippen LogP) is 5.44. The van der Waals surface area contributed by atoms with E-state index < -0.39 is 11.6 Å². The van der Waals surface area contributed by atoms with Gasteiger partial charge in [0.2, 0.25) is 0 Å². The molecule has 0 radical (unpaired) electrons. The maximum absolute atomic E-state index is 15.7. The highest BCUT2D eigenvalue weighted by molar-refractivity contribution is 6.37. The Labute approximate surface area is 181 Å². The van der Waals surface area contributed by atoms with Gasteiger partial charge in [0.15, 0.2) is 5.82 Å². The summed E-state index contributed by atoms with van der Waals surface area (Å²) in [6.07, 6.45) is 3.04. The van der Waals surface area contributed by atoms with Gasteiger partial charge in [-0.1, -0.05) is 47.5 Å². The highest BCUT2D eigenvalue weighted by atomic mass is 35.5. The van der Waals surface area contributed by atoms with Gasteiger partial charge in [-0.3, -0.25) is 9.97 Å². The molecule has 8 heteroatoms. The van der Waals surface area contributed by atoms with Crippen LogP contribution in [0.5, 0.6) is 0 Å². The molecule has 3 heterocycles. The summed E-state index contributed by atoms with van der Waals surface area (Å²) < 4.78 is 29.8. The molecule has 1 aliphatic rings. The number of nitrogens with one attached hydrogen (secondary N) is 1. The first-order valence-corrected chi connectivity index (χ1v) is 10.3. The number of fused-ring (bicyclic) bond motifs is 2. The fraction of sp³-hybridized carbons (Fsp3) is 0.182. The maximum atomic E-state index is 15.7. The highest BCUT2D eigenvalue weighted by Gasteiger charge is 2.22. The molecule has 1 aliphatic heterocycles. The molecule has 4 aromatic rings. The number of benzene rings is 2. The van der Waals surface area contributed by atoms with Crippen molar-refractivity contribution < 1.29 is 8.78 Å². The summed E-state index contributed by atoms with van der Waals surface area (Å²) in [6.45, 7) is 3.13. The average molecular weight is 445 g/mol. The third kappa shape index (κ3) is 3.07. The van der Waals surface area contributed by atoms with E-state index in [0.29, 0.717) is 26.7 Å². The zero-order valence-corrected chi connectivity index (χ0v) is 17.2. The zero-order chi connectivity index (χ0) is 20.8. The van der Waals surface area contributed by atoms with E-state index in [9.17, 15) is 4.39 Å². The number of anilines is 1. The molecule has 152 valence electrons. The highest BCUT2D eigenvalue weighted by Crippen LogP contribution is 2.39. The largest absolute Gasteiger partial charge is 0.367 e. The summed E-state index contributed by atoms with van der Waals surface area (Å²) in [7, 11) is 0. The minimum atomic E-state index is -0.589. The summed E-state index contributed by atoms with van der Waals surface area (Å²) in [4.78, 5) is 10.7. The molecule has 1 N–H and O–H groups in total. The van der Waals surface area contributed by atoms with Crippen LogP contribution in [0.4, 0.5) is 14.5 Å². The number of pyridine rings is 2. The van der Waals surface area contributed by atoms with Gasteiger partial charge < -0.3 is 10.2 Å². The molecule has 5 rings (SSSR count). The number of aromatic nitrogens is 2. The summed E-state index contributed by atoms with van der Waals surface area (Å²) in [5.74, 6) is -1.16. The second kappa shape index (κ2) is 7.61. The van der Waals surface area contributed by atoms with Crippen molar-refractivity contribution in [2.75, 3.05) is 31.1 Å². The van der Waals surface area contributed by atoms with Crippen LogP contribution in [0.25, 0.3) is 32.9 Å². The Hall–Kier alpha value is -2.54. The number of hydrogen-bond donors (Lipinski definition) is 1. The fourth-order valence-corrected chi connectivity index (χ4v) is 4.54. The van der Waals surface area contributed by atoms with Gasteiger partial charge in [0.1, 0.15) is 17.0 Å². The van der Waals surface area contributed by atoms with Crippen LogP contribution in [-0.2, 0) is 0 Å². The molecule has 30 heavy (non-hydrogen) atoms.